The van der Waals surface area contributed by atoms with Crippen molar-refractivity contribution in [3.63, 3.8) is 0 Å². The molecule has 0 aromatic rings. The van der Waals surface area contributed by atoms with Crippen molar-refractivity contribution in [2.24, 2.45) is 5.92 Å². The Balaban J connectivity index is -0.000000845. The summed E-state index contributed by atoms with van der Waals surface area (Å²) in [4.78, 5) is 20.5. The molecule has 0 fully saturated rings. The molecule has 80 valence electrons. The topological polar surface area (TPSA) is 80.3 Å². The summed E-state index contributed by atoms with van der Waals surface area (Å²) in [5.41, 5.74) is 0.186. The van der Waals surface area contributed by atoms with Gasteiger partial charge in [0.15, 0.2) is 0 Å². The van der Waals surface area contributed by atoms with E-state index in [0.29, 0.717) is 12.8 Å². The van der Waals surface area contributed by atoms with Crippen molar-refractivity contribution in [2.45, 2.75) is 33.1 Å². The van der Waals surface area contributed by atoms with Crippen molar-refractivity contribution < 1.29 is 78.9 Å². The molecule has 0 aliphatic rings. The molecule has 0 aliphatic carbocycles. The Morgan fingerprint density at radius 3 is 2.12 bits per heavy atom. The van der Waals surface area contributed by atoms with Gasteiger partial charge in [-0.15, -0.1) is 0 Å². The maximum absolute atomic E-state index is 10.3. The average Bonchev–Trinajstić information content (AvgIpc) is 2.02. The van der Waals surface area contributed by atoms with Crippen molar-refractivity contribution >= 4 is 11.9 Å². The maximum Gasteiger partial charge on any atom is 1.00 e. The van der Waals surface area contributed by atoms with Gasteiger partial charge in [0.05, 0.1) is 5.97 Å². The van der Waals surface area contributed by atoms with Crippen LogP contribution in [0, 0.1) is 5.92 Å². The summed E-state index contributed by atoms with van der Waals surface area (Å²) in [6.45, 7) is 3.25. The van der Waals surface area contributed by atoms with Gasteiger partial charge in [-0.1, -0.05) is 13.0 Å². The third-order valence-corrected chi connectivity index (χ3v) is 1.95. The first-order chi connectivity index (χ1) is 6.43. The zero-order valence-electron chi connectivity index (χ0n) is 10.4. The van der Waals surface area contributed by atoms with Crippen LogP contribution < -0.4 is 69.3 Å². The van der Waals surface area contributed by atoms with Crippen molar-refractivity contribution in [1.29, 1.82) is 0 Å². The normalized spacial score (nSPS) is 12.0. The number of rotatable bonds is 6. The van der Waals surface area contributed by atoms with E-state index in [2.05, 4.69) is 0 Å². The van der Waals surface area contributed by atoms with Gasteiger partial charge in [0, 0.05) is 5.97 Å². The van der Waals surface area contributed by atoms with Gasteiger partial charge in [0.1, 0.15) is 0 Å². The smallest absolute Gasteiger partial charge is 0.550 e. The molecule has 0 rings (SSSR count). The van der Waals surface area contributed by atoms with E-state index in [1.165, 1.54) is 6.92 Å². The van der Waals surface area contributed by atoms with Crippen LogP contribution in [0.4, 0.5) is 0 Å². The van der Waals surface area contributed by atoms with Crippen LogP contribution in [-0.2, 0) is 9.59 Å². The molecule has 0 radical (unpaired) electrons. The number of carbonyl (C=O) groups excluding carboxylic acids is 2. The minimum atomic E-state index is -1.18. The van der Waals surface area contributed by atoms with Crippen molar-refractivity contribution in [3.05, 3.63) is 11.6 Å². The largest absolute Gasteiger partial charge is 1.00 e. The Kier molecular flexibility index (Phi) is 16.6. The number of carboxylic acid groups (broad SMARTS) is 2. The molecule has 0 aromatic carbocycles. The monoisotopic (exact) mass is 244 g/mol. The van der Waals surface area contributed by atoms with Gasteiger partial charge in [-0.05, 0) is 37.7 Å². The van der Waals surface area contributed by atoms with E-state index in [4.69, 9.17) is 0 Å². The summed E-state index contributed by atoms with van der Waals surface area (Å²) >= 11 is 0. The van der Waals surface area contributed by atoms with Crippen molar-refractivity contribution in [2.75, 3.05) is 0 Å². The van der Waals surface area contributed by atoms with Gasteiger partial charge < -0.3 is 19.8 Å². The van der Waals surface area contributed by atoms with E-state index >= 15 is 0 Å². The predicted octanol–water partition coefficient (Wildman–Crippen LogP) is -6.75. The van der Waals surface area contributed by atoms with Crippen LogP contribution >= 0.6 is 0 Å². The van der Waals surface area contributed by atoms with Crippen LogP contribution in [0.2, 0.25) is 0 Å². The van der Waals surface area contributed by atoms with Gasteiger partial charge in [-0.3, -0.25) is 0 Å². The van der Waals surface area contributed by atoms with Crippen molar-refractivity contribution in [1.82, 2.24) is 0 Å². The second kappa shape index (κ2) is 12.1. The molecule has 0 saturated carbocycles. The van der Waals surface area contributed by atoms with E-state index < -0.39 is 11.9 Å². The molecule has 16 heavy (non-hydrogen) atoms. The molecule has 0 N–H and O–H groups in total. The van der Waals surface area contributed by atoms with Crippen LogP contribution in [0.25, 0.3) is 0 Å². The Morgan fingerprint density at radius 2 is 1.75 bits per heavy atom. The zero-order chi connectivity index (χ0) is 11.1. The number of allylic oxidation sites excluding steroid dienone is 1. The summed E-state index contributed by atoms with van der Waals surface area (Å²) in [5, 5.41) is 20.5. The van der Waals surface area contributed by atoms with Crippen LogP contribution in [0.3, 0.4) is 0 Å². The molecular formula is C10H14Na2O4. The summed E-state index contributed by atoms with van der Waals surface area (Å²) in [6, 6.07) is 0. The summed E-state index contributed by atoms with van der Waals surface area (Å²) in [6.07, 6.45) is 2.74. The molecule has 0 unspecified atom stereocenters. The summed E-state index contributed by atoms with van der Waals surface area (Å²) in [7, 11) is 0. The number of hydrogen-bond donors (Lipinski definition) is 0. The molecule has 0 amide bonds. The average molecular weight is 244 g/mol. The van der Waals surface area contributed by atoms with Gasteiger partial charge in [0.25, 0.3) is 0 Å². The van der Waals surface area contributed by atoms with Gasteiger partial charge in [-0.25, -0.2) is 0 Å². The molecule has 0 saturated heterocycles. The second-order valence-electron chi connectivity index (χ2n) is 3.43. The Labute approximate surface area is 140 Å². The predicted molar refractivity (Wildman–Crippen MR) is 46.8 cm³/mol. The standard InChI is InChI=1S/C10H16O4.2Na/c1-7(6-9(11)12)4-3-5-8(2)10(13)14;;/h5,7H,3-4,6H2,1-2H3,(H,11,12)(H,13,14);;/q;2*+1/p-2/b8-5+;;/t7-;;/m0../s1. The fraction of sp³-hybridized carbons (Fsp3) is 0.600. The van der Waals surface area contributed by atoms with Gasteiger partial charge in [-0.2, -0.15) is 0 Å². The fourth-order valence-corrected chi connectivity index (χ4v) is 1.05. The summed E-state index contributed by atoms with van der Waals surface area (Å²) in [5.74, 6) is -2.25. The Bertz CT molecular complexity index is 251. The molecule has 0 spiro atoms. The molecule has 1 atom stereocenters. The minimum absolute atomic E-state index is 0. The number of aliphatic carboxylic acids is 2. The first-order valence-corrected chi connectivity index (χ1v) is 4.51. The number of hydrogen-bond acceptors (Lipinski definition) is 4. The Hall–Kier alpha value is 0.680. The van der Waals surface area contributed by atoms with E-state index in [9.17, 15) is 19.8 Å². The van der Waals surface area contributed by atoms with E-state index in [1.54, 1.807) is 13.0 Å². The van der Waals surface area contributed by atoms with E-state index in [1.807, 2.05) is 0 Å². The van der Waals surface area contributed by atoms with Gasteiger partial charge in [0.2, 0.25) is 0 Å². The summed E-state index contributed by atoms with van der Waals surface area (Å²) < 4.78 is 0. The molecule has 0 bridgehead atoms. The second-order valence-corrected chi connectivity index (χ2v) is 3.43. The maximum atomic E-state index is 10.3. The molecular weight excluding hydrogens is 230 g/mol. The van der Waals surface area contributed by atoms with Crippen LogP contribution in [0.15, 0.2) is 11.6 Å². The quantitative estimate of drug-likeness (QED) is 0.343. The SMILES string of the molecule is C/C(=C\CC[C@H](C)CC(=O)[O-])C(=O)[O-].[Na+].[Na+]. The van der Waals surface area contributed by atoms with Crippen LogP contribution in [-0.4, -0.2) is 11.9 Å². The molecule has 6 heteroatoms. The first kappa shape index (κ1) is 21.9. The van der Waals surface area contributed by atoms with Crippen LogP contribution in [0.1, 0.15) is 33.1 Å². The van der Waals surface area contributed by atoms with E-state index in [-0.39, 0.29) is 77.0 Å². The Morgan fingerprint density at radius 1 is 1.25 bits per heavy atom. The number of carbonyl (C=O) groups is 2. The first-order valence-electron chi connectivity index (χ1n) is 4.51. The van der Waals surface area contributed by atoms with Crippen molar-refractivity contribution in [3.8, 4) is 0 Å². The molecule has 0 aromatic heterocycles. The minimum Gasteiger partial charge on any atom is -0.550 e. The zero-order valence-corrected chi connectivity index (χ0v) is 14.4. The molecule has 0 heterocycles. The van der Waals surface area contributed by atoms with Gasteiger partial charge >= 0.3 is 59.1 Å². The number of carboxylic acids is 2. The molecule has 4 nitrogen and oxygen atoms in total. The fourth-order valence-electron chi connectivity index (χ4n) is 1.05. The third kappa shape index (κ3) is 12.7. The van der Waals surface area contributed by atoms with E-state index in [0.717, 1.165) is 0 Å². The van der Waals surface area contributed by atoms with Crippen LogP contribution in [0.5, 0.6) is 0 Å². The molecule has 0 aliphatic heterocycles. The third-order valence-electron chi connectivity index (χ3n) is 1.95.